The smallest absolute Gasteiger partial charge is 0.0734 e. The second-order valence-electron chi connectivity index (χ2n) is 2.75. The van der Waals surface area contributed by atoms with Crippen molar-refractivity contribution in [3.05, 3.63) is 35.9 Å². The molecule has 12 heavy (non-hydrogen) atoms. The monoisotopic (exact) mass is 175 g/mol. The molecule has 60 valence electrons. The third-order valence-corrected chi connectivity index (χ3v) is 2.21. The molecule has 0 saturated heterocycles. The third-order valence-electron chi connectivity index (χ3n) is 1.91. The molecular weight excluding hydrogens is 166 g/mol. The average molecular weight is 175 g/mol. The molecule has 0 aliphatic carbocycles. The van der Waals surface area contributed by atoms with Crippen LogP contribution in [0.15, 0.2) is 30.3 Å². The normalized spacial score (nSPS) is 19.5. The van der Waals surface area contributed by atoms with Crippen molar-refractivity contribution in [3.63, 3.8) is 0 Å². The van der Waals surface area contributed by atoms with E-state index >= 15 is 0 Å². The molecule has 0 radical (unpaired) electrons. The van der Waals surface area contributed by atoms with Gasteiger partial charge in [-0.05, 0) is 11.6 Å². The van der Waals surface area contributed by atoms with Gasteiger partial charge in [-0.3, -0.25) is 0 Å². The predicted molar refractivity (Wildman–Crippen MR) is 56.5 cm³/mol. The van der Waals surface area contributed by atoms with Crippen molar-refractivity contribution < 1.29 is 0 Å². The summed E-state index contributed by atoms with van der Waals surface area (Å²) in [7, 11) is 0. The Hall–Kier alpha value is -1.15. The molecule has 0 fully saturated rings. The van der Waals surface area contributed by atoms with Crippen molar-refractivity contribution in [2.75, 3.05) is 5.32 Å². The van der Waals surface area contributed by atoms with E-state index in [2.05, 4.69) is 29.6 Å². The number of anilines is 1. The SMILES string of the molecule is S=CC1C=Cc2ccccc2N1. The zero-order chi connectivity index (χ0) is 8.39. The lowest BCUT2D eigenvalue weighted by Gasteiger charge is -2.18. The zero-order valence-corrected chi connectivity index (χ0v) is 7.34. The van der Waals surface area contributed by atoms with Crippen LogP contribution in [0.3, 0.4) is 0 Å². The lowest BCUT2D eigenvalue weighted by atomic mass is 10.1. The van der Waals surface area contributed by atoms with Gasteiger partial charge >= 0.3 is 0 Å². The second-order valence-corrected chi connectivity index (χ2v) is 3.02. The number of hydrogen-bond acceptors (Lipinski definition) is 2. The molecule has 1 N–H and O–H groups in total. The van der Waals surface area contributed by atoms with Gasteiger partial charge in [-0.25, -0.2) is 0 Å². The molecule has 1 aliphatic rings. The first-order valence-electron chi connectivity index (χ1n) is 3.89. The Morgan fingerprint density at radius 1 is 1.33 bits per heavy atom. The minimum absolute atomic E-state index is 0.204. The third kappa shape index (κ3) is 1.25. The van der Waals surface area contributed by atoms with Gasteiger partial charge in [0.1, 0.15) is 0 Å². The van der Waals surface area contributed by atoms with Gasteiger partial charge in [0.05, 0.1) is 6.04 Å². The molecule has 1 heterocycles. The summed E-state index contributed by atoms with van der Waals surface area (Å²) in [6, 6.07) is 8.40. The van der Waals surface area contributed by atoms with E-state index in [9.17, 15) is 0 Å². The maximum Gasteiger partial charge on any atom is 0.0734 e. The minimum atomic E-state index is 0.204. The Bertz CT molecular complexity index is 330. The molecule has 0 bridgehead atoms. The van der Waals surface area contributed by atoms with Crippen LogP contribution in [0, 0.1) is 0 Å². The van der Waals surface area contributed by atoms with E-state index in [-0.39, 0.29) is 6.04 Å². The Morgan fingerprint density at radius 2 is 2.17 bits per heavy atom. The van der Waals surface area contributed by atoms with Crippen molar-refractivity contribution >= 4 is 29.3 Å². The van der Waals surface area contributed by atoms with Gasteiger partial charge in [0, 0.05) is 11.1 Å². The van der Waals surface area contributed by atoms with Crippen molar-refractivity contribution in [1.29, 1.82) is 0 Å². The topological polar surface area (TPSA) is 12.0 Å². The molecule has 1 aromatic rings. The molecule has 2 rings (SSSR count). The number of thiocarbonyl (C=S) groups is 1. The lowest BCUT2D eigenvalue weighted by Crippen LogP contribution is -2.20. The molecule has 1 aromatic carbocycles. The van der Waals surface area contributed by atoms with Gasteiger partial charge in [-0.15, -0.1) is 0 Å². The summed E-state index contributed by atoms with van der Waals surface area (Å²) in [6.07, 6.45) is 4.16. The summed E-state index contributed by atoms with van der Waals surface area (Å²) in [5.74, 6) is 0. The highest BCUT2D eigenvalue weighted by Gasteiger charge is 2.07. The van der Waals surface area contributed by atoms with E-state index in [0.29, 0.717) is 0 Å². The van der Waals surface area contributed by atoms with Gasteiger partial charge in [0.25, 0.3) is 0 Å². The number of benzene rings is 1. The fourth-order valence-corrected chi connectivity index (χ4v) is 1.45. The average Bonchev–Trinajstić information content (AvgIpc) is 2.17. The van der Waals surface area contributed by atoms with Crippen LogP contribution in [0.4, 0.5) is 5.69 Å². The number of rotatable bonds is 1. The Labute approximate surface area is 77.1 Å². The standard InChI is InChI=1S/C10H9NS/c12-7-9-6-5-8-3-1-2-4-10(8)11-9/h1-7,9,11H. The van der Waals surface area contributed by atoms with Crippen LogP contribution < -0.4 is 5.32 Å². The fourth-order valence-electron chi connectivity index (χ4n) is 1.29. The van der Waals surface area contributed by atoms with Crippen LogP contribution in [0.25, 0.3) is 6.08 Å². The van der Waals surface area contributed by atoms with Gasteiger partial charge in [0.2, 0.25) is 0 Å². The number of nitrogens with one attached hydrogen (secondary N) is 1. The highest BCUT2D eigenvalue weighted by Crippen LogP contribution is 2.21. The highest BCUT2D eigenvalue weighted by molar-refractivity contribution is 7.79. The molecule has 0 spiro atoms. The van der Waals surface area contributed by atoms with E-state index in [1.54, 1.807) is 5.37 Å². The molecule has 1 aliphatic heterocycles. The summed E-state index contributed by atoms with van der Waals surface area (Å²) < 4.78 is 0. The summed E-state index contributed by atoms with van der Waals surface area (Å²) in [5.41, 5.74) is 2.39. The Morgan fingerprint density at radius 3 is 3.00 bits per heavy atom. The molecule has 1 atom stereocenters. The van der Waals surface area contributed by atoms with E-state index < -0.39 is 0 Å². The van der Waals surface area contributed by atoms with Crippen molar-refractivity contribution in [2.24, 2.45) is 0 Å². The van der Waals surface area contributed by atoms with Crippen LogP contribution in [0.1, 0.15) is 5.56 Å². The van der Waals surface area contributed by atoms with E-state index in [1.165, 1.54) is 5.56 Å². The second kappa shape index (κ2) is 3.07. The summed E-state index contributed by atoms with van der Waals surface area (Å²) in [4.78, 5) is 0. The molecule has 1 unspecified atom stereocenters. The maximum absolute atomic E-state index is 4.86. The molecule has 0 saturated carbocycles. The van der Waals surface area contributed by atoms with Crippen molar-refractivity contribution in [1.82, 2.24) is 0 Å². The Balaban J connectivity index is 2.39. The molecule has 2 heteroatoms. The van der Waals surface area contributed by atoms with Gasteiger partial charge in [-0.2, -0.15) is 0 Å². The Kier molecular flexibility index (Phi) is 1.92. The first-order valence-corrected chi connectivity index (χ1v) is 4.36. The first kappa shape index (κ1) is 7.50. The van der Waals surface area contributed by atoms with Gasteiger partial charge in [0.15, 0.2) is 0 Å². The van der Waals surface area contributed by atoms with Gasteiger partial charge < -0.3 is 5.32 Å². The maximum atomic E-state index is 4.86. The van der Waals surface area contributed by atoms with E-state index in [0.717, 1.165) is 5.69 Å². The van der Waals surface area contributed by atoms with E-state index in [1.807, 2.05) is 12.1 Å². The summed E-state index contributed by atoms with van der Waals surface area (Å²) in [5, 5.41) is 5.03. The van der Waals surface area contributed by atoms with Gasteiger partial charge in [-0.1, -0.05) is 42.6 Å². The fraction of sp³-hybridized carbons (Fsp3) is 0.100. The zero-order valence-electron chi connectivity index (χ0n) is 6.53. The molecule has 0 amide bonds. The van der Waals surface area contributed by atoms with Crippen LogP contribution in [0.5, 0.6) is 0 Å². The molecule has 1 nitrogen and oxygen atoms in total. The quantitative estimate of drug-likeness (QED) is 0.658. The largest absolute Gasteiger partial charge is 0.374 e. The van der Waals surface area contributed by atoms with E-state index in [4.69, 9.17) is 12.2 Å². The number of hydrogen-bond donors (Lipinski definition) is 1. The summed E-state index contributed by atoms with van der Waals surface area (Å²) >= 11 is 4.86. The van der Waals surface area contributed by atoms with Crippen LogP contribution >= 0.6 is 12.2 Å². The molecule has 0 aromatic heterocycles. The lowest BCUT2D eigenvalue weighted by molar-refractivity contribution is 1.19. The first-order chi connectivity index (χ1) is 5.90. The predicted octanol–water partition coefficient (Wildman–Crippen LogP) is 2.49. The molecular formula is C10H9NS. The summed E-state index contributed by atoms with van der Waals surface area (Å²) in [6.45, 7) is 0. The van der Waals surface area contributed by atoms with Crippen LogP contribution in [-0.4, -0.2) is 11.4 Å². The number of fused-ring (bicyclic) bond motifs is 1. The minimum Gasteiger partial charge on any atom is -0.374 e. The number of para-hydroxylation sites is 1. The highest BCUT2D eigenvalue weighted by atomic mass is 32.1. The van der Waals surface area contributed by atoms with Crippen LogP contribution in [-0.2, 0) is 0 Å². The van der Waals surface area contributed by atoms with Crippen molar-refractivity contribution in [2.45, 2.75) is 6.04 Å². The van der Waals surface area contributed by atoms with Crippen LogP contribution in [0.2, 0.25) is 0 Å². The van der Waals surface area contributed by atoms with Crippen molar-refractivity contribution in [3.8, 4) is 0 Å².